The van der Waals surface area contributed by atoms with Gasteiger partial charge < -0.3 is 5.32 Å². The van der Waals surface area contributed by atoms with Crippen molar-refractivity contribution in [1.82, 2.24) is 5.32 Å². The first kappa shape index (κ1) is 13.2. The van der Waals surface area contributed by atoms with Gasteiger partial charge in [-0.05, 0) is 37.3 Å². The maximum Gasteiger partial charge on any atom is 0.00791 e. The molecule has 1 heteroatoms. The molecule has 1 nitrogen and oxygen atoms in total. The van der Waals surface area contributed by atoms with Crippen LogP contribution in [0.3, 0.4) is 0 Å². The molecular weight excluding hydrogens is 194 g/mol. The number of hydrogen-bond acceptors (Lipinski definition) is 1. The molecule has 0 radical (unpaired) electrons. The molecule has 1 aromatic carbocycles. The fourth-order valence-corrected chi connectivity index (χ4v) is 1.73. The summed E-state index contributed by atoms with van der Waals surface area (Å²) in [6.07, 6.45) is 2.34. The fraction of sp³-hybridized carbons (Fsp3) is 0.600. The quantitative estimate of drug-likeness (QED) is 0.797. The van der Waals surface area contributed by atoms with E-state index in [0.29, 0.717) is 11.5 Å². The third-order valence-corrected chi connectivity index (χ3v) is 2.75. The van der Waals surface area contributed by atoms with Crippen LogP contribution in [0.15, 0.2) is 30.3 Å². The van der Waals surface area contributed by atoms with Gasteiger partial charge >= 0.3 is 0 Å². The van der Waals surface area contributed by atoms with Crippen LogP contribution in [0.1, 0.15) is 39.7 Å². The Morgan fingerprint density at radius 1 is 1.12 bits per heavy atom. The molecule has 1 atom stereocenters. The first-order chi connectivity index (χ1) is 7.47. The second-order valence-corrected chi connectivity index (χ2v) is 5.86. The minimum atomic E-state index is 0.430. The number of hydrogen-bond donors (Lipinski definition) is 1. The summed E-state index contributed by atoms with van der Waals surface area (Å²) in [4.78, 5) is 0. The minimum absolute atomic E-state index is 0.430. The van der Waals surface area contributed by atoms with Crippen LogP contribution in [0.25, 0.3) is 0 Å². The van der Waals surface area contributed by atoms with E-state index in [2.05, 4.69) is 63.3 Å². The molecule has 0 fully saturated rings. The Balaban J connectivity index is 2.24. The first-order valence-electron chi connectivity index (χ1n) is 6.25. The van der Waals surface area contributed by atoms with Gasteiger partial charge in [-0.2, -0.15) is 0 Å². The fourth-order valence-electron chi connectivity index (χ4n) is 1.73. The van der Waals surface area contributed by atoms with Gasteiger partial charge in [0.2, 0.25) is 0 Å². The molecule has 90 valence electrons. The van der Waals surface area contributed by atoms with Gasteiger partial charge in [-0.25, -0.2) is 0 Å². The average Bonchev–Trinajstić information content (AvgIpc) is 2.17. The van der Waals surface area contributed by atoms with Crippen LogP contribution in [0.4, 0.5) is 0 Å². The first-order valence-corrected chi connectivity index (χ1v) is 6.25. The second kappa shape index (κ2) is 6.05. The van der Waals surface area contributed by atoms with E-state index in [1.54, 1.807) is 0 Å². The predicted octanol–water partition coefficient (Wildman–Crippen LogP) is 3.64. The molecule has 0 amide bonds. The molecular formula is C15H25N. The Morgan fingerprint density at radius 3 is 2.31 bits per heavy atom. The Labute approximate surface area is 100 Å². The molecule has 1 aromatic rings. The summed E-state index contributed by atoms with van der Waals surface area (Å²) in [7, 11) is 0. The smallest absolute Gasteiger partial charge is 0.00791 e. The van der Waals surface area contributed by atoms with Gasteiger partial charge in [0.25, 0.3) is 0 Å². The molecule has 1 unspecified atom stereocenters. The Bertz CT molecular complexity index is 284. The van der Waals surface area contributed by atoms with E-state index in [1.807, 2.05) is 0 Å². The van der Waals surface area contributed by atoms with E-state index in [0.717, 1.165) is 13.0 Å². The third kappa shape index (κ3) is 5.92. The zero-order valence-corrected chi connectivity index (χ0v) is 11.1. The Morgan fingerprint density at radius 2 is 1.75 bits per heavy atom. The Kier molecular flexibility index (Phi) is 5.01. The van der Waals surface area contributed by atoms with Crippen molar-refractivity contribution < 1.29 is 0 Å². The van der Waals surface area contributed by atoms with Gasteiger partial charge in [0.15, 0.2) is 0 Å². The van der Waals surface area contributed by atoms with Crippen LogP contribution < -0.4 is 5.32 Å². The van der Waals surface area contributed by atoms with E-state index >= 15 is 0 Å². The van der Waals surface area contributed by atoms with E-state index < -0.39 is 0 Å². The van der Waals surface area contributed by atoms with Gasteiger partial charge in [-0.3, -0.25) is 0 Å². The van der Waals surface area contributed by atoms with Crippen LogP contribution in [0.5, 0.6) is 0 Å². The standard InChI is InChI=1S/C15H25N/c1-13(16-11-10-15(2,3)4)12-14-8-6-5-7-9-14/h5-9,13,16H,10-12H2,1-4H3. The Hall–Kier alpha value is -0.820. The summed E-state index contributed by atoms with van der Waals surface area (Å²) in [5.74, 6) is 0. The molecule has 0 aliphatic carbocycles. The highest BCUT2D eigenvalue weighted by atomic mass is 14.9. The van der Waals surface area contributed by atoms with Crippen LogP contribution in [-0.4, -0.2) is 12.6 Å². The van der Waals surface area contributed by atoms with Crippen molar-refractivity contribution in [3.05, 3.63) is 35.9 Å². The largest absolute Gasteiger partial charge is 0.314 e. The lowest BCUT2D eigenvalue weighted by atomic mass is 9.92. The van der Waals surface area contributed by atoms with Gasteiger partial charge in [0, 0.05) is 6.04 Å². The highest BCUT2D eigenvalue weighted by Crippen LogP contribution is 2.17. The van der Waals surface area contributed by atoms with Crippen molar-refractivity contribution in [1.29, 1.82) is 0 Å². The minimum Gasteiger partial charge on any atom is -0.314 e. The van der Waals surface area contributed by atoms with Gasteiger partial charge in [-0.15, -0.1) is 0 Å². The maximum absolute atomic E-state index is 3.59. The molecule has 0 heterocycles. The van der Waals surface area contributed by atoms with Crippen molar-refractivity contribution in [2.45, 2.75) is 46.6 Å². The van der Waals surface area contributed by atoms with Crippen LogP contribution in [0, 0.1) is 5.41 Å². The summed E-state index contributed by atoms with van der Waals surface area (Å²) in [6, 6.07) is 11.2. The molecule has 0 saturated carbocycles. The number of benzene rings is 1. The molecule has 16 heavy (non-hydrogen) atoms. The number of nitrogens with one attached hydrogen (secondary N) is 1. The van der Waals surface area contributed by atoms with Crippen molar-refractivity contribution in [3.8, 4) is 0 Å². The van der Waals surface area contributed by atoms with Crippen molar-refractivity contribution in [2.24, 2.45) is 5.41 Å². The predicted molar refractivity (Wildman–Crippen MR) is 71.7 cm³/mol. The molecule has 1 N–H and O–H groups in total. The summed E-state index contributed by atoms with van der Waals surface area (Å²) in [5, 5.41) is 3.59. The van der Waals surface area contributed by atoms with Crippen LogP contribution in [-0.2, 0) is 6.42 Å². The topological polar surface area (TPSA) is 12.0 Å². The van der Waals surface area contributed by atoms with Crippen LogP contribution in [0.2, 0.25) is 0 Å². The molecule has 0 bridgehead atoms. The van der Waals surface area contributed by atoms with Crippen molar-refractivity contribution in [3.63, 3.8) is 0 Å². The van der Waals surface area contributed by atoms with Crippen molar-refractivity contribution >= 4 is 0 Å². The van der Waals surface area contributed by atoms with E-state index in [9.17, 15) is 0 Å². The lowest BCUT2D eigenvalue weighted by Crippen LogP contribution is -2.30. The van der Waals surface area contributed by atoms with Gasteiger partial charge in [0.1, 0.15) is 0 Å². The molecule has 0 saturated heterocycles. The molecule has 0 aromatic heterocycles. The highest BCUT2D eigenvalue weighted by Gasteiger charge is 2.10. The third-order valence-electron chi connectivity index (χ3n) is 2.75. The zero-order chi connectivity index (χ0) is 12.0. The maximum atomic E-state index is 3.59. The van der Waals surface area contributed by atoms with E-state index in [-0.39, 0.29) is 0 Å². The number of rotatable bonds is 5. The normalized spacial score (nSPS) is 13.8. The molecule has 1 rings (SSSR count). The molecule has 0 aliphatic rings. The SMILES string of the molecule is CC(Cc1ccccc1)NCCC(C)(C)C. The summed E-state index contributed by atoms with van der Waals surface area (Å²) in [6.45, 7) is 10.2. The molecule has 0 aliphatic heterocycles. The summed E-state index contributed by atoms with van der Waals surface area (Å²) < 4.78 is 0. The molecule has 0 spiro atoms. The van der Waals surface area contributed by atoms with E-state index in [1.165, 1.54) is 12.0 Å². The van der Waals surface area contributed by atoms with Gasteiger partial charge in [-0.1, -0.05) is 51.1 Å². The lowest BCUT2D eigenvalue weighted by molar-refractivity contribution is 0.356. The zero-order valence-electron chi connectivity index (χ0n) is 11.1. The monoisotopic (exact) mass is 219 g/mol. The summed E-state index contributed by atoms with van der Waals surface area (Å²) >= 11 is 0. The van der Waals surface area contributed by atoms with Crippen molar-refractivity contribution in [2.75, 3.05) is 6.54 Å². The highest BCUT2D eigenvalue weighted by molar-refractivity contribution is 5.15. The lowest BCUT2D eigenvalue weighted by Gasteiger charge is -2.20. The van der Waals surface area contributed by atoms with E-state index in [4.69, 9.17) is 0 Å². The summed E-state index contributed by atoms with van der Waals surface area (Å²) in [5.41, 5.74) is 1.85. The average molecular weight is 219 g/mol. The van der Waals surface area contributed by atoms with Gasteiger partial charge in [0.05, 0.1) is 0 Å². The second-order valence-electron chi connectivity index (χ2n) is 5.86. The van der Waals surface area contributed by atoms with Crippen LogP contribution >= 0.6 is 0 Å².